The largest absolute Gasteiger partial charge is 0.507 e. The number of phenols is 1. The number of hydrogen-bond donors (Lipinski definition) is 1. The second-order valence-corrected chi connectivity index (χ2v) is 16.0. The van der Waals surface area contributed by atoms with E-state index in [1.54, 1.807) is 6.21 Å². The van der Waals surface area contributed by atoms with Gasteiger partial charge in [0.25, 0.3) is 5.91 Å². The second kappa shape index (κ2) is 9.30. The van der Waals surface area contributed by atoms with Crippen molar-refractivity contribution in [3.05, 3.63) is 28.8 Å². The van der Waals surface area contributed by atoms with E-state index in [-0.39, 0.29) is 27.9 Å². The summed E-state index contributed by atoms with van der Waals surface area (Å²) in [4.78, 5) is 31.9. The predicted molar refractivity (Wildman–Crippen MR) is 144 cm³/mol. The van der Waals surface area contributed by atoms with Crippen molar-refractivity contribution in [2.24, 2.45) is 4.99 Å². The highest BCUT2D eigenvalue weighted by Gasteiger charge is 2.64. The third kappa shape index (κ3) is 5.89. The molecule has 10 heteroatoms. The van der Waals surface area contributed by atoms with Crippen molar-refractivity contribution in [1.29, 1.82) is 0 Å². The molecule has 0 radical (unpaired) electrons. The van der Waals surface area contributed by atoms with Crippen molar-refractivity contribution in [1.82, 2.24) is 4.90 Å². The third-order valence-electron chi connectivity index (χ3n) is 6.15. The Kier molecular flexibility index (Phi) is 7.55. The van der Waals surface area contributed by atoms with Crippen LogP contribution in [-0.2, 0) is 25.2 Å². The van der Waals surface area contributed by atoms with E-state index in [9.17, 15) is 14.7 Å². The summed E-state index contributed by atoms with van der Waals surface area (Å²) in [5, 5.41) is 10.6. The molecule has 1 unspecified atom stereocenters. The topological polar surface area (TPSA) is 79.2 Å². The number of β-lactam (4-membered cyclic amide) rings is 1. The van der Waals surface area contributed by atoms with Crippen LogP contribution in [-0.4, -0.2) is 60.7 Å². The summed E-state index contributed by atoms with van der Waals surface area (Å²) < 4.78 is 2.87. The molecule has 1 N–H and O–H groups in total. The number of carbonyl (C=O) groups excluding carboxylic acids is 2. The number of amides is 1. The number of thioether (sulfide) groups is 1. The summed E-state index contributed by atoms with van der Waals surface area (Å²) in [5.41, 5.74) is 1.90. The Hall–Kier alpha value is -1.15. The zero-order chi connectivity index (χ0) is 26.7. The number of alkyl halides is 3. The minimum absolute atomic E-state index is 0.244. The number of esters is 1. The van der Waals surface area contributed by atoms with Crippen LogP contribution in [0.5, 0.6) is 5.75 Å². The average molecular weight is 564 g/mol. The quantitative estimate of drug-likeness (QED) is 0.218. The van der Waals surface area contributed by atoms with Gasteiger partial charge in [0.1, 0.15) is 23.8 Å². The van der Waals surface area contributed by atoms with Gasteiger partial charge in [-0.25, -0.2) is 4.79 Å². The van der Waals surface area contributed by atoms with Gasteiger partial charge in [-0.15, -0.1) is 11.8 Å². The molecule has 1 aromatic carbocycles. The first-order valence-electron chi connectivity index (χ1n) is 11.4. The molecular weight excluding hydrogens is 531 g/mol. The molecule has 2 heterocycles. The van der Waals surface area contributed by atoms with E-state index in [4.69, 9.17) is 39.5 Å². The van der Waals surface area contributed by atoms with Crippen LogP contribution in [0.2, 0.25) is 0 Å². The van der Waals surface area contributed by atoms with E-state index >= 15 is 0 Å². The Morgan fingerprint density at radius 1 is 1.14 bits per heavy atom. The molecule has 2 saturated heterocycles. The lowest BCUT2D eigenvalue weighted by atomic mass is 9.78. The lowest BCUT2D eigenvalue weighted by Crippen LogP contribution is -2.65. The summed E-state index contributed by atoms with van der Waals surface area (Å²) in [6.07, 6.45) is 1.69. The minimum Gasteiger partial charge on any atom is -0.507 e. The van der Waals surface area contributed by atoms with Crippen molar-refractivity contribution >= 4 is 64.7 Å². The number of hydrogen-bond acceptors (Lipinski definition) is 6. The van der Waals surface area contributed by atoms with Gasteiger partial charge in [0.2, 0.25) is 3.79 Å². The Morgan fingerprint density at radius 2 is 1.66 bits per heavy atom. The van der Waals surface area contributed by atoms with Crippen molar-refractivity contribution in [2.45, 2.75) is 92.2 Å². The molecule has 1 amide bonds. The van der Waals surface area contributed by atoms with Crippen LogP contribution in [0.1, 0.15) is 72.1 Å². The maximum Gasteiger partial charge on any atom is 0.330 e. The number of phenolic OH excluding ortho intramolecular Hbond substituents is 1. The summed E-state index contributed by atoms with van der Waals surface area (Å²) >= 11 is 18.6. The first-order valence-corrected chi connectivity index (χ1v) is 13.4. The monoisotopic (exact) mass is 562 g/mol. The number of benzene rings is 1. The fourth-order valence-electron chi connectivity index (χ4n) is 4.38. The number of nitrogens with zero attached hydrogens (tertiary/aromatic N) is 2. The van der Waals surface area contributed by atoms with Gasteiger partial charge in [-0.2, -0.15) is 0 Å². The molecule has 2 aliphatic heterocycles. The number of carbonyl (C=O) groups is 2. The lowest BCUT2D eigenvalue weighted by Gasteiger charge is -2.41. The van der Waals surface area contributed by atoms with Crippen LogP contribution < -0.4 is 0 Å². The fourth-order valence-corrected chi connectivity index (χ4v) is 6.16. The van der Waals surface area contributed by atoms with E-state index in [2.05, 4.69) is 4.99 Å². The number of aromatic hydroxyl groups is 1. The van der Waals surface area contributed by atoms with Crippen LogP contribution in [0.4, 0.5) is 0 Å². The summed E-state index contributed by atoms with van der Waals surface area (Å²) in [5.74, 6) is -0.557. The van der Waals surface area contributed by atoms with Crippen molar-refractivity contribution < 1.29 is 19.4 Å². The highest BCUT2D eigenvalue weighted by atomic mass is 35.6. The molecule has 35 heavy (non-hydrogen) atoms. The van der Waals surface area contributed by atoms with Crippen molar-refractivity contribution in [3.8, 4) is 5.75 Å². The second-order valence-electron chi connectivity index (χ2n) is 11.7. The molecule has 0 aromatic heterocycles. The molecule has 3 rings (SSSR count). The average Bonchev–Trinajstić information content (AvgIpc) is 2.92. The molecule has 0 aliphatic carbocycles. The zero-order valence-corrected chi connectivity index (χ0v) is 24.4. The number of aliphatic imine (C=N–C) groups is 1. The first-order chi connectivity index (χ1) is 15.7. The standard InChI is InChI=1S/C25H33Cl3N2O4S/c1-22(2,3)14-9-13(10-15(17(14)31)23(4,5)6)11-29-16-19(32)30-18(24(7,8)35-20(16)30)21(33)34-12-25(26,27)28/h9-11,16,18,20,31H,12H2,1-8H3/b29-11+/t16?,18-,20+/m0/s1. The summed E-state index contributed by atoms with van der Waals surface area (Å²) in [6.45, 7) is 15.6. The van der Waals surface area contributed by atoms with Crippen molar-refractivity contribution in [3.63, 3.8) is 0 Å². The van der Waals surface area contributed by atoms with Crippen molar-refractivity contribution in [2.75, 3.05) is 6.61 Å². The molecule has 194 valence electrons. The number of rotatable bonds is 4. The van der Waals surface area contributed by atoms with Gasteiger partial charge in [-0.1, -0.05) is 76.3 Å². The van der Waals surface area contributed by atoms with Gasteiger partial charge < -0.3 is 14.7 Å². The van der Waals surface area contributed by atoms with Gasteiger partial charge in [-0.05, 0) is 42.4 Å². The van der Waals surface area contributed by atoms with E-state index in [0.717, 1.165) is 16.7 Å². The summed E-state index contributed by atoms with van der Waals surface area (Å²) in [6, 6.07) is 2.42. The zero-order valence-electron chi connectivity index (χ0n) is 21.3. The molecule has 0 saturated carbocycles. The molecule has 2 fully saturated rings. The van der Waals surface area contributed by atoms with E-state index in [1.807, 2.05) is 67.5 Å². The number of ether oxygens (including phenoxy) is 1. The van der Waals surface area contributed by atoms with Gasteiger partial charge in [0.05, 0.1) is 0 Å². The number of halogens is 3. The van der Waals surface area contributed by atoms with Crippen LogP contribution in [0.25, 0.3) is 0 Å². The maximum atomic E-state index is 13.0. The summed E-state index contributed by atoms with van der Waals surface area (Å²) in [7, 11) is 0. The highest BCUT2D eigenvalue weighted by Crippen LogP contribution is 2.52. The van der Waals surface area contributed by atoms with E-state index in [0.29, 0.717) is 0 Å². The minimum atomic E-state index is -1.72. The van der Waals surface area contributed by atoms with Crippen LogP contribution in [0.15, 0.2) is 17.1 Å². The SMILES string of the molecule is CC(C)(C)c1cc(/C=N/C2C(=O)N3[C@@H]2SC(C)(C)[C@@H]3C(=O)OCC(Cl)(Cl)Cl)cc(C(C)(C)C)c1O. The van der Waals surface area contributed by atoms with Crippen LogP contribution in [0, 0.1) is 0 Å². The molecule has 3 atom stereocenters. The molecule has 0 bridgehead atoms. The molecule has 0 spiro atoms. The smallest absolute Gasteiger partial charge is 0.330 e. The van der Waals surface area contributed by atoms with Crippen LogP contribution >= 0.6 is 46.6 Å². The Labute approximate surface area is 226 Å². The third-order valence-corrected chi connectivity index (χ3v) is 8.03. The predicted octanol–water partition coefficient (Wildman–Crippen LogP) is 5.75. The van der Waals surface area contributed by atoms with Gasteiger partial charge in [0, 0.05) is 22.1 Å². The highest BCUT2D eigenvalue weighted by molar-refractivity contribution is 8.01. The fraction of sp³-hybridized carbons (Fsp3) is 0.640. The molecular formula is C25H33Cl3N2O4S. The van der Waals surface area contributed by atoms with Crippen LogP contribution in [0.3, 0.4) is 0 Å². The van der Waals surface area contributed by atoms with Gasteiger partial charge in [-0.3, -0.25) is 9.79 Å². The normalized spacial score (nSPS) is 24.5. The van der Waals surface area contributed by atoms with Gasteiger partial charge >= 0.3 is 5.97 Å². The van der Waals surface area contributed by atoms with E-state index < -0.39 is 33.2 Å². The first kappa shape index (κ1) is 28.4. The lowest BCUT2D eigenvalue weighted by molar-refractivity contribution is -0.162. The van der Waals surface area contributed by atoms with Gasteiger partial charge in [0.15, 0.2) is 6.04 Å². The molecule has 2 aliphatic rings. The molecule has 1 aromatic rings. The van der Waals surface area contributed by atoms with E-state index in [1.165, 1.54) is 16.7 Å². The Bertz CT molecular complexity index is 1020. The Balaban J connectivity index is 1.86. The maximum absolute atomic E-state index is 13.0. The number of fused-ring (bicyclic) bond motifs is 1. The Morgan fingerprint density at radius 3 is 2.11 bits per heavy atom. The molecule has 6 nitrogen and oxygen atoms in total.